The van der Waals surface area contributed by atoms with Gasteiger partial charge in [0.1, 0.15) is 0 Å². The van der Waals surface area contributed by atoms with E-state index in [0.717, 1.165) is 12.0 Å². The number of carbonyl (C=O) groups is 2. The number of urea groups is 1. The summed E-state index contributed by atoms with van der Waals surface area (Å²) in [5, 5.41) is 8.52. The maximum atomic E-state index is 11.8. The summed E-state index contributed by atoms with van der Waals surface area (Å²) in [7, 11) is 0. The van der Waals surface area contributed by atoms with Crippen LogP contribution in [0.15, 0.2) is 30.0 Å². The number of amides is 3. The van der Waals surface area contributed by atoms with E-state index in [1.54, 1.807) is 6.07 Å². The zero-order valence-electron chi connectivity index (χ0n) is 12.0. The Morgan fingerprint density at radius 3 is 2.71 bits per heavy atom. The molecule has 112 valence electrons. The van der Waals surface area contributed by atoms with E-state index in [9.17, 15) is 9.59 Å². The van der Waals surface area contributed by atoms with Gasteiger partial charge in [0.25, 0.3) is 0 Å². The van der Waals surface area contributed by atoms with Crippen LogP contribution in [0.5, 0.6) is 0 Å². The second kappa shape index (κ2) is 6.63. The lowest BCUT2D eigenvalue weighted by molar-refractivity contribution is -0.115. The third-order valence-corrected chi connectivity index (χ3v) is 3.32. The van der Waals surface area contributed by atoms with Crippen molar-refractivity contribution in [2.75, 3.05) is 11.9 Å². The van der Waals surface area contributed by atoms with Crippen molar-refractivity contribution in [3.63, 3.8) is 0 Å². The van der Waals surface area contributed by atoms with Gasteiger partial charge in [0.2, 0.25) is 5.91 Å². The minimum absolute atomic E-state index is 0.202. The molecule has 3 N–H and O–H groups in total. The summed E-state index contributed by atoms with van der Waals surface area (Å²) in [4.78, 5) is 22.8. The Bertz CT molecular complexity index is 597. The number of carbonyl (C=O) groups excluding carboxylic acids is 2. The van der Waals surface area contributed by atoms with E-state index in [4.69, 9.17) is 11.6 Å². The first kappa shape index (κ1) is 15.4. The minimum Gasteiger partial charge on any atom is -0.347 e. The van der Waals surface area contributed by atoms with Crippen molar-refractivity contribution in [2.24, 2.45) is 5.92 Å². The van der Waals surface area contributed by atoms with Crippen molar-refractivity contribution in [1.82, 2.24) is 10.6 Å². The normalized spacial score (nSPS) is 13.9. The van der Waals surface area contributed by atoms with E-state index in [-0.39, 0.29) is 5.91 Å². The Balaban J connectivity index is 1.96. The lowest BCUT2D eigenvalue weighted by Crippen LogP contribution is -2.30. The van der Waals surface area contributed by atoms with Crippen molar-refractivity contribution >= 4 is 29.2 Å². The molecule has 0 aliphatic carbocycles. The summed E-state index contributed by atoms with van der Waals surface area (Å²) in [5.74, 6) is 0.315. The highest BCUT2D eigenvalue weighted by Crippen LogP contribution is 2.23. The minimum atomic E-state index is -0.398. The number of halogens is 1. The van der Waals surface area contributed by atoms with Crippen molar-refractivity contribution in [3.8, 4) is 0 Å². The molecule has 1 aromatic carbocycles. The van der Waals surface area contributed by atoms with Gasteiger partial charge in [-0.25, -0.2) is 4.79 Å². The summed E-state index contributed by atoms with van der Waals surface area (Å²) < 4.78 is 0. The van der Waals surface area contributed by atoms with Crippen LogP contribution in [-0.4, -0.2) is 18.5 Å². The smallest absolute Gasteiger partial charge is 0.323 e. The standard InChI is InChI=1S/C15H18ClN3O2/c1-9(2)5-10-3-4-11(6-13(10)16)18-15(21)19-12-7-14(20)17-8-12/h3-4,6-7,9H,5,8H2,1-2H3,(H,17,20)(H2,18,19,21). The molecule has 5 nitrogen and oxygen atoms in total. The van der Waals surface area contributed by atoms with Crippen LogP contribution < -0.4 is 16.0 Å². The first-order chi connectivity index (χ1) is 9.94. The molecule has 0 spiro atoms. The zero-order chi connectivity index (χ0) is 15.4. The summed E-state index contributed by atoms with van der Waals surface area (Å²) in [5.41, 5.74) is 2.22. The fourth-order valence-corrected chi connectivity index (χ4v) is 2.32. The Morgan fingerprint density at radius 2 is 2.14 bits per heavy atom. The van der Waals surface area contributed by atoms with Gasteiger partial charge in [-0.05, 0) is 30.0 Å². The van der Waals surface area contributed by atoms with Gasteiger partial charge in [-0.2, -0.15) is 0 Å². The first-order valence-corrected chi connectivity index (χ1v) is 7.16. The van der Waals surface area contributed by atoms with Gasteiger partial charge in [0.05, 0.1) is 6.54 Å². The monoisotopic (exact) mass is 307 g/mol. The molecule has 0 atom stereocenters. The highest BCUT2D eigenvalue weighted by Gasteiger charge is 2.13. The molecule has 0 fully saturated rings. The van der Waals surface area contributed by atoms with Gasteiger partial charge in [-0.3, -0.25) is 4.79 Å². The molecule has 1 aliphatic rings. The van der Waals surface area contributed by atoms with E-state index in [1.165, 1.54) is 6.08 Å². The molecular formula is C15H18ClN3O2. The molecule has 3 amide bonds. The van der Waals surface area contributed by atoms with Crippen LogP contribution in [0.2, 0.25) is 5.02 Å². The Hall–Kier alpha value is -2.01. The molecular weight excluding hydrogens is 290 g/mol. The van der Waals surface area contributed by atoms with E-state index in [2.05, 4.69) is 29.8 Å². The molecule has 0 unspecified atom stereocenters. The Kier molecular flexibility index (Phi) is 4.85. The third-order valence-electron chi connectivity index (χ3n) is 2.97. The zero-order valence-corrected chi connectivity index (χ0v) is 12.8. The fourth-order valence-electron chi connectivity index (χ4n) is 2.06. The van der Waals surface area contributed by atoms with Crippen LogP contribution in [0.3, 0.4) is 0 Å². The van der Waals surface area contributed by atoms with Crippen molar-refractivity contribution in [2.45, 2.75) is 20.3 Å². The van der Waals surface area contributed by atoms with Crippen LogP contribution in [-0.2, 0) is 11.2 Å². The average Bonchev–Trinajstić information content (AvgIpc) is 2.77. The van der Waals surface area contributed by atoms with Gasteiger partial charge in [0, 0.05) is 22.5 Å². The molecule has 21 heavy (non-hydrogen) atoms. The molecule has 0 saturated heterocycles. The number of anilines is 1. The highest BCUT2D eigenvalue weighted by atomic mass is 35.5. The largest absolute Gasteiger partial charge is 0.347 e. The molecule has 0 saturated carbocycles. The van der Waals surface area contributed by atoms with Crippen molar-refractivity contribution in [1.29, 1.82) is 0 Å². The SMILES string of the molecule is CC(C)Cc1ccc(NC(=O)NC2=CC(=O)NC2)cc1Cl. The second-order valence-electron chi connectivity index (χ2n) is 5.37. The number of nitrogens with one attached hydrogen (secondary N) is 3. The molecule has 0 aromatic heterocycles. The van der Waals surface area contributed by atoms with Gasteiger partial charge in [-0.1, -0.05) is 31.5 Å². The first-order valence-electron chi connectivity index (χ1n) is 6.79. The lowest BCUT2D eigenvalue weighted by atomic mass is 10.0. The molecule has 1 heterocycles. The predicted octanol–water partition coefficient (Wildman–Crippen LogP) is 2.67. The number of benzene rings is 1. The van der Waals surface area contributed by atoms with E-state index < -0.39 is 6.03 Å². The third kappa shape index (κ3) is 4.49. The lowest BCUT2D eigenvalue weighted by Gasteiger charge is -2.11. The van der Waals surface area contributed by atoms with Gasteiger partial charge in [0.15, 0.2) is 0 Å². The highest BCUT2D eigenvalue weighted by molar-refractivity contribution is 6.31. The number of rotatable bonds is 4. The predicted molar refractivity (Wildman–Crippen MR) is 83.2 cm³/mol. The fraction of sp³-hybridized carbons (Fsp3) is 0.333. The summed E-state index contributed by atoms with van der Waals surface area (Å²) in [6.45, 7) is 4.58. The Labute approximate surface area is 128 Å². The maximum absolute atomic E-state index is 11.8. The van der Waals surface area contributed by atoms with Crippen molar-refractivity contribution in [3.05, 3.63) is 40.6 Å². The van der Waals surface area contributed by atoms with Crippen LogP contribution in [0.4, 0.5) is 10.5 Å². The van der Waals surface area contributed by atoms with E-state index >= 15 is 0 Å². The molecule has 1 aliphatic heterocycles. The summed E-state index contributed by atoms with van der Waals surface area (Å²) in [6.07, 6.45) is 2.25. The van der Waals surface area contributed by atoms with E-state index in [1.807, 2.05) is 12.1 Å². The molecule has 1 aromatic rings. The van der Waals surface area contributed by atoms with E-state index in [0.29, 0.717) is 28.9 Å². The molecule has 6 heteroatoms. The molecule has 2 rings (SSSR count). The quantitative estimate of drug-likeness (QED) is 0.800. The van der Waals surface area contributed by atoms with Crippen molar-refractivity contribution < 1.29 is 9.59 Å². The van der Waals surface area contributed by atoms with Crippen LogP contribution in [0.1, 0.15) is 19.4 Å². The summed E-state index contributed by atoms with van der Waals surface area (Å²) >= 11 is 6.21. The average molecular weight is 308 g/mol. The topological polar surface area (TPSA) is 70.2 Å². The van der Waals surface area contributed by atoms with Crippen LogP contribution in [0.25, 0.3) is 0 Å². The number of hydrogen-bond donors (Lipinski definition) is 3. The van der Waals surface area contributed by atoms with Crippen LogP contribution >= 0.6 is 11.6 Å². The number of hydrogen-bond acceptors (Lipinski definition) is 2. The van der Waals surface area contributed by atoms with Gasteiger partial charge in [-0.15, -0.1) is 0 Å². The second-order valence-corrected chi connectivity index (χ2v) is 5.78. The summed E-state index contributed by atoms with van der Waals surface area (Å²) in [6, 6.07) is 5.06. The molecule has 0 radical (unpaired) electrons. The Morgan fingerprint density at radius 1 is 1.38 bits per heavy atom. The molecule has 0 bridgehead atoms. The van der Waals surface area contributed by atoms with Gasteiger partial charge < -0.3 is 16.0 Å². The van der Waals surface area contributed by atoms with Crippen LogP contribution in [0, 0.1) is 5.92 Å². The maximum Gasteiger partial charge on any atom is 0.323 e. The van der Waals surface area contributed by atoms with Gasteiger partial charge >= 0.3 is 6.03 Å².